The van der Waals surface area contributed by atoms with Gasteiger partial charge in [0, 0.05) is 18.6 Å². The lowest BCUT2D eigenvalue weighted by atomic mass is 9.81. The van der Waals surface area contributed by atoms with Crippen LogP contribution >= 0.6 is 0 Å². The summed E-state index contributed by atoms with van der Waals surface area (Å²) < 4.78 is 76.2. The Morgan fingerprint density at radius 1 is 0.805 bits per heavy atom. The van der Waals surface area contributed by atoms with Gasteiger partial charge in [0.1, 0.15) is 6.10 Å². The number of methoxy groups -OCH3 is 1. The largest absolute Gasteiger partial charge is 0.455 e. The van der Waals surface area contributed by atoms with Crippen LogP contribution in [0, 0.1) is 11.8 Å². The standard InChI is InChI=1S/C30H29F3O8/c1-17(26(34)19-9-11-22-24(13-19)39-15-37-22)18(2)27(20-10-12-23-25(14-20)40-16-38-23)41-28(35)29(36-3,30(31,32)33)21-7-5-4-6-8-21/h4-14,17-18,26-27,34H,15-16H2,1-3H3/t17-,18-,26-,27-,29-/m0/s1. The zero-order chi connectivity index (χ0) is 29.4. The molecule has 0 aliphatic carbocycles. The minimum atomic E-state index is -5.15. The SMILES string of the molecule is CO[C@](C(=O)O[C@H](c1ccc2c(c1)OCO2)[C@@H](C)[C@H](C)[C@H](O)c1ccc2c(c1)OCO2)(c1ccccc1)C(F)(F)F. The molecule has 11 heteroatoms. The molecule has 0 saturated heterocycles. The Morgan fingerprint density at radius 2 is 1.34 bits per heavy atom. The highest BCUT2D eigenvalue weighted by Gasteiger charge is 2.64. The Morgan fingerprint density at radius 3 is 1.90 bits per heavy atom. The molecule has 2 aliphatic heterocycles. The second-order valence-corrected chi connectivity index (χ2v) is 9.96. The third kappa shape index (κ3) is 5.15. The molecule has 3 aromatic rings. The van der Waals surface area contributed by atoms with Gasteiger partial charge in [0.15, 0.2) is 23.0 Å². The van der Waals surface area contributed by atoms with Gasteiger partial charge in [0.2, 0.25) is 13.6 Å². The van der Waals surface area contributed by atoms with E-state index in [1.807, 2.05) is 0 Å². The summed E-state index contributed by atoms with van der Waals surface area (Å²) in [5.74, 6) is -1.13. The van der Waals surface area contributed by atoms with Gasteiger partial charge in [-0.05, 0) is 41.3 Å². The molecule has 41 heavy (non-hydrogen) atoms. The van der Waals surface area contributed by atoms with Crippen LogP contribution in [0.2, 0.25) is 0 Å². The molecule has 2 aliphatic rings. The van der Waals surface area contributed by atoms with Crippen molar-refractivity contribution >= 4 is 5.97 Å². The molecule has 8 nitrogen and oxygen atoms in total. The Kier molecular flexibility index (Phi) is 7.76. The van der Waals surface area contributed by atoms with Crippen molar-refractivity contribution in [3.63, 3.8) is 0 Å². The van der Waals surface area contributed by atoms with Gasteiger partial charge in [-0.2, -0.15) is 13.2 Å². The Balaban J connectivity index is 1.51. The number of aliphatic hydroxyl groups is 1. The van der Waals surface area contributed by atoms with E-state index in [1.165, 1.54) is 18.2 Å². The van der Waals surface area contributed by atoms with Gasteiger partial charge in [-0.1, -0.05) is 56.3 Å². The predicted molar refractivity (Wildman–Crippen MR) is 138 cm³/mol. The Labute approximate surface area is 234 Å². The fraction of sp³-hybridized carbons (Fsp3) is 0.367. The van der Waals surface area contributed by atoms with Crippen LogP contribution in [0.3, 0.4) is 0 Å². The van der Waals surface area contributed by atoms with Gasteiger partial charge in [-0.3, -0.25) is 0 Å². The van der Waals surface area contributed by atoms with E-state index in [9.17, 15) is 23.1 Å². The number of aliphatic hydroxyl groups excluding tert-OH is 1. The molecular weight excluding hydrogens is 545 g/mol. The number of hydrogen-bond donors (Lipinski definition) is 1. The number of alkyl halides is 3. The molecule has 3 aromatic carbocycles. The number of halogens is 3. The first-order chi connectivity index (χ1) is 19.6. The summed E-state index contributed by atoms with van der Waals surface area (Å²) in [6.07, 6.45) is -7.48. The van der Waals surface area contributed by atoms with Crippen LogP contribution in [-0.2, 0) is 19.9 Å². The normalized spacial score (nSPS) is 18.2. The predicted octanol–water partition coefficient (Wildman–Crippen LogP) is 5.84. The van der Waals surface area contributed by atoms with Crippen LogP contribution in [0.25, 0.3) is 0 Å². The molecular formula is C30H29F3O8. The third-order valence-electron chi connectivity index (χ3n) is 7.68. The number of carbonyl (C=O) groups is 1. The first kappa shape index (κ1) is 28.6. The third-order valence-corrected chi connectivity index (χ3v) is 7.68. The van der Waals surface area contributed by atoms with Crippen molar-refractivity contribution in [3.05, 3.63) is 83.4 Å². The van der Waals surface area contributed by atoms with Gasteiger partial charge < -0.3 is 33.5 Å². The lowest BCUT2D eigenvalue weighted by Crippen LogP contribution is -2.52. The maximum absolute atomic E-state index is 14.6. The number of ether oxygens (including phenoxy) is 6. The highest BCUT2D eigenvalue weighted by molar-refractivity contribution is 5.83. The fourth-order valence-electron chi connectivity index (χ4n) is 5.12. The van der Waals surface area contributed by atoms with Gasteiger partial charge in [-0.15, -0.1) is 0 Å². The maximum atomic E-state index is 14.6. The number of benzene rings is 3. The van der Waals surface area contributed by atoms with Crippen LogP contribution in [0.15, 0.2) is 66.7 Å². The van der Waals surface area contributed by atoms with E-state index >= 15 is 0 Å². The van der Waals surface area contributed by atoms with Crippen LogP contribution in [0.5, 0.6) is 23.0 Å². The maximum Gasteiger partial charge on any atom is 0.432 e. The molecule has 0 bridgehead atoms. The first-order valence-corrected chi connectivity index (χ1v) is 12.9. The number of fused-ring (bicyclic) bond motifs is 2. The van der Waals surface area contributed by atoms with Crippen LogP contribution in [0.4, 0.5) is 13.2 Å². The van der Waals surface area contributed by atoms with Crippen molar-refractivity contribution < 1.29 is 51.5 Å². The summed E-state index contributed by atoms with van der Waals surface area (Å²) in [6, 6.07) is 16.3. The van der Waals surface area contributed by atoms with Gasteiger partial charge >= 0.3 is 12.1 Å². The van der Waals surface area contributed by atoms with Gasteiger partial charge in [-0.25, -0.2) is 4.79 Å². The molecule has 218 valence electrons. The zero-order valence-corrected chi connectivity index (χ0v) is 22.5. The molecule has 0 spiro atoms. The summed E-state index contributed by atoms with van der Waals surface area (Å²) >= 11 is 0. The van der Waals surface area contributed by atoms with E-state index in [-0.39, 0.29) is 13.6 Å². The molecule has 0 fully saturated rings. The monoisotopic (exact) mass is 574 g/mol. The minimum absolute atomic E-state index is 0.0209. The van der Waals surface area contributed by atoms with Crippen LogP contribution in [-0.4, -0.2) is 37.9 Å². The molecule has 0 radical (unpaired) electrons. The topological polar surface area (TPSA) is 92.7 Å². The lowest BCUT2D eigenvalue weighted by Gasteiger charge is -2.37. The number of esters is 1. The van der Waals surface area contributed by atoms with Crippen LogP contribution < -0.4 is 18.9 Å². The van der Waals surface area contributed by atoms with E-state index < -0.39 is 47.4 Å². The zero-order valence-electron chi connectivity index (χ0n) is 22.5. The van der Waals surface area contributed by atoms with Crippen LogP contribution in [0.1, 0.15) is 42.7 Å². The second-order valence-electron chi connectivity index (χ2n) is 9.96. The fourth-order valence-corrected chi connectivity index (χ4v) is 5.12. The molecule has 0 saturated carbocycles. The van der Waals surface area contributed by atoms with Crippen molar-refractivity contribution in [2.45, 2.75) is 37.8 Å². The number of hydrogen-bond acceptors (Lipinski definition) is 8. The van der Waals surface area contributed by atoms with Gasteiger partial charge in [0.05, 0.1) is 6.10 Å². The highest BCUT2D eigenvalue weighted by atomic mass is 19.4. The van der Waals surface area contributed by atoms with E-state index in [2.05, 4.69) is 0 Å². The Bertz CT molecular complexity index is 1400. The van der Waals surface area contributed by atoms with Crippen molar-refractivity contribution in [1.82, 2.24) is 0 Å². The first-order valence-electron chi connectivity index (χ1n) is 12.9. The lowest BCUT2D eigenvalue weighted by molar-refractivity contribution is -0.279. The van der Waals surface area contributed by atoms with Gasteiger partial charge in [0.25, 0.3) is 5.60 Å². The molecule has 5 rings (SSSR count). The van der Waals surface area contributed by atoms with Crippen molar-refractivity contribution in [3.8, 4) is 23.0 Å². The molecule has 2 heterocycles. The average molecular weight is 575 g/mol. The molecule has 0 aromatic heterocycles. The number of carbonyl (C=O) groups excluding carboxylic acids is 1. The summed E-state index contributed by atoms with van der Waals surface area (Å²) in [5.41, 5.74) is -2.94. The molecule has 0 amide bonds. The number of rotatable bonds is 9. The van der Waals surface area contributed by atoms with E-state index in [1.54, 1.807) is 50.2 Å². The molecule has 1 N–H and O–H groups in total. The smallest absolute Gasteiger partial charge is 0.432 e. The summed E-state index contributed by atoms with van der Waals surface area (Å²) in [7, 11) is 0.812. The van der Waals surface area contributed by atoms with E-state index in [4.69, 9.17) is 28.4 Å². The van der Waals surface area contributed by atoms with E-state index in [0.29, 0.717) is 34.1 Å². The highest BCUT2D eigenvalue weighted by Crippen LogP contribution is 2.47. The molecule has 0 unspecified atom stereocenters. The summed E-state index contributed by atoms with van der Waals surface area (Å²) in [5, 5.41) is 11.3. The second kappa shape index (κ2) is 11.1. The quantitative estimate of drug-likeness (QED) is 0.319. The van der Waals surface area contributed by atoms with Crippen molar-refractivity contribution in [1.29, 1.82) is 0 Å². The molecule has 5 atom stereocenters. The summed E-state index contributed by atoms with van der Waals surface area (Å²) in [4.78, 5) is 13.6. The Hall–Kier alpha value is -3.96. The average Bonchev–Trinajstić information content (AvgIpc) is 3.64. The minimum Gasteiger partial charge on any atom is -0.455 e. The summed E-state index contributed by atoms with van der Waals surface area (Å²) in [6.45, 7) is 3.45. The van der Waals surface area contributed by atoms with Crippen molar-refractivity contribution in [2.24, 2.45) is 11.8 Å². The van der Waals surface area contributed by atoms with Crippen molar-refractivity contribution in [2.75, 3.05) is 20.7 Å². The van der Waals surface area contributed by atoms with E-state index in [0.717, 1.165) is 19.2 Å².